The predicted molar refractivity (Wildman–Crippen MR) is 8.63 cm³/mol. The molecule has 0 bridgehead atoms. The number of hydrogen-bond acceptors (Lipinski definition) is 0. The van der Waals surface area contributed by atoms with Gasteiger partial charge in [0.25, 0.3) is 0 Å². The van der Waals surface area contributed by atoms with Gasteiger partial charge in [-0.25, -0.2) is 0 Å². The zero-order valence-electron chi connectivity index (χ0n) is 2.33. The fourth-order valence-corrected chi connectivity index (χ4v) is 0. The Bertz CT molecular complexity index is 6.00. The van der Waals surface area contributed by atoms with Gasteiger partial charge in [0.05, 0.1) is 0 Å². The second kappa shape index (κ2) is 37.5. The molecule has 0 heterocycles. The van der Waals surface area contributed by atoms with Crippen molar-refractivity contribution in [3.8, 4) is 0 Å². The fraction of sp³-hybridized carbons (Fsp3) is 0. The maximum absolute atomic E-state index is 8.00. The molecule has 0 spiro atoms. The van der Waals surface area contributed by atoms with Crippen molar-refractivity contribution in [1.29, 1.82) is 0 Å². The number of hydrogen-bond donors (Lipinski definition) is 0. The Kier molecular flexibility index (Phi) is 189. The third-order valence-corrected chi connectivity index (χ3v) is 0. The Morgan fingerprint density at radius 3 is 1.00 bits per heavy atom. The van der Waals surface area contributed by atoms with Gasteiger partial charge in [0.15, 0.2) is 0 Å². The summed E-state index contributed by atoms with van der Waals surface area (Å²) >= 11 is 0. The van der Waals surface area contributed by atoms with E-state index < -0.39 is 0 Å². The molecule has 0 aliphatic heterocycles. The first-order valence-corrected chi connectivity index (χ1v) is 0.143. The van der Waals surface area contributed by atoms with Crippen molar-refractivity contribution in [2.45, 2.75) is 0 Å². The van der Waals surface area contributed by atoms with Crippen LogP contribution in [-0.2, 0) is 32.7 Å². The minimum atomic E-state index is 0. The van der Waals surface area contributed by atoms with Crippen molar-refractivity contribution in [3.63, 3.8) is 0 Å². The molecule has 0 aromatic carbocycles. The molecule has 0 aliphatic rings. The molecule has 0 atom stereocenters. The quantitative estimate of drug-likeness (QED) is 0.447. The summed E-state index contributed by atoms with van der Waals surface area (Å²) in [7, 11) is 0. The first-order valence-electron chi connectivity index (χ1n) is 0.143. The summed E-state index contributed by atoms with van der Waals surface area (Å²) in [6, 6.07) is 0. The standard InChI is InChI=1S/CH3.F2.Y/c;1-2;/h1H3;;/q-1;;. The molecule has 0 unspecified atom stereocenters. The van der Waals surface area contributed by atoms with Crippen molar-refractivity contribution >= 4 is 0 Å². The molecule has 0 N–H and O–H groups in total. The van der Waals surface area contributed by atoms with Gasteiger partial charge in [-0.05, 0) is 0 Å². The molecule has 0 aliphatic carbocycles. The molecule has 3 heteroatoms. The zero-order valence-corrected chi connectivity index (χ0v) is 5.17. The Hall–Kier alpha value is 0.964. The van der Waals surface area contributed by atoms with E-state index in [0.29, 0.717) is 0 Å². The van der Waals surface area contributed by atoms with Gasteiger partial charge >= 0.3 is 0 Å². The van der Waals surface area contributed by atoms with Crippen LogP contribution in [0.4, 0.5) is 9.15 Å². The molecule has 0 rings (SSSR count). The van der Waals surface area contributed by atoms with E-state index in [2.05, 4.69) is 0 Å². The fourth-order valence-electron chi connectivity index (χ4n) is 0. The van der Waals surface area contributed by atoms with Crippen LogP contribution in [0.3, 0.4) is 0 Å². The van der Waals surface area contributed by atoms with Gasteiger partial charge in [0.2, 0.25) is 0 Å². The molecule has 1 radical (unpaired) electrons. The van der Waals surface area contributed by atoms with Gasteiger partial charge in [-0.3, -0.25) is 0 Å². The third kappa shape index (κ3) is 12.3. The summed E-state index contributed by atoms with van der Waals surface area (Å²) in [6.45, 7) is 0. The molecule has 0 saturated carbocycles. The van der Waals surface area contributed by atoms with Crippen molar-refractivity contribution in [2.75, 3.05) is 0 Å². The molecule has 4 heavy (non-hydrogen) atoms. The van der Waals surface area contributed by atoms with E-state index in [1.165, 1.54) is 0 Å². The van der Waals surface area contributed by atoms with Crippen LogP contribution in [0.5, 0.6) is 0 Å². The minimum Gasteiger partial charge on any atom is -0.358 e. The topological polar surface area (TPSA) is 0 Å². The van der Waals surface area contributed by atoms with Crippen LogP contribution >= 0.6 is 0 Å². The maximum atomic E-state index is 8.00. The first-order chi connectivity index (χ1) is 1.00. The molecule has 0 aromatic heterocycles. The molecule has 0 nitrogen and oxygen atoms in total. The molecular formula is CH3F2Y-. The van der Waals surface area contributed by atoms with Crippen molar-refractivity contribution < 1.29 is 41.9 Å². The van der Waals surface area contributed by atoms with Crippen LogP contribution in [0.2, 0.25) is 0 Å². The molecule has 0 amide bonds. The molecule has 0 saturated heterocycles. The van der Waals surface area contributed by atoms with Crippen LogP contribution in [0.25, 0.3) is 0 Å². The molecule has 25 valence electrons. The van der Waals surface area contributed by atoms with Crippen LogP contribution < -0.4 is 0 Å². The van der Waals surface area contributed by atoms with E-state index in [9.17, 15) is 0 Å². The Labute approximate surface area is 49.3 Å². The first kappa shape index (κ1) is 20.2. The van der Waals surface area contributed by atoms with Crippen LogP contribution in [0.15, 0.2) is 0 Å². The Morgan fingerprint density at radius 1 is 1.00 bits per heavy atom. The second-order valence-electron chi connectivity index (χ2n) is 0. The Balaban J connectivity index is -0.00000000500. The average Bonchev–Trinajstić information content (AvgIpc) is 1.00. The molecule has 0 aromatic rings. The summed E-state index contributed by atoms with van der Waals surface area (Å²) in [4.78, 5) is 0. The zero-order chi connectivity index (χ0) is 2.00. The van der Waals surface area contributed by atoms with E-state index in [-0.39, 0.29) is 40.1 Å². The van der Waals surface area contributed by atoms with E-state index in [1.54, 1.807) is 0 Å². The summed E-state index contributed by atoms with van der Waals surface area (Å²) in [6.07, 6.45) is 0. The van der Waals surface area contributed by atoms with Crippen molar-refractivity contribution in [2.24, 2.45) is 0 Å². The maximum Gasteiger partial charge on any atom is 0 e. The van der Waals surface area contributed by atoms with Crippen LogP contribution in [-0.4, -0.2) is 0 Å². The van der Waals surface area contributed by atoms with Crippen LogP contribution in [0, 0.1) is 7.43 Å². The largest absolute Gasteiger partial charge is 0.358 e. The smallest absolute Gasteiger partial charge is 0 e. The average molecular weight is 142 g/mol. The third-order valence-electron chi connectivity index (χ3n) is 0. The van der Waals surface area contributed by atoms with Gasteiger partial charge in [-0.15, -0.1) is 0 Å². The van der Waals surface area contributed by atoms with Gasteiger partial charge in [0, 0.05) is 41.9 Å². The summed E-state index contributed by atoms with van der Waals surface area (Å²) in [5.41, 5.74) is 0. The van der Waals surface area contributed by atoms with Crippen LogP contribution in [0.1, 0.15) is 0 Å². The predicted octanol–water partition coefficient (Wildman–Crippen LogP) is 1.29. The van der Waals surface area contributed by atoms with Crippen molar-refractivity contribution in [3.05, 3.63) is 7.43 Å². The number of halogens is 2. The summed E-state index contributed by atoms with van der Waals surface area (Å²) in [5, 5.41) is 0. The molecular weight excluding hydrogens is 139 g/mol. The van der Waals surface area contributed by atoms with E-state index in [4.69, 9.17) is 9.15 Å². The summed E-state index contributed by atoms with van der Waals surface area (Å²) in [5.74, 6) is 0. The van der Waals surface area contributed by atoms with E-state index in [0.717, 1.165) is 0 Å². The summed E-state index contributed by atoms with van der Waals surface area (Å²) < 4.78 is 16.0. The van der Waals surface area contributed by atoms with E-state index in [1.807, 2.05) is 0 Å². The van der Waals surface area contributed by atoms with Gasteiger partial charge < -0.3 is 7.43 Å². The monoisotopic (exact) mass is 142 g/mol. The van der Waals surface area contributed by atoms with Gasteiger partial charge in [0.1, 0.15) is 0 Å². The van der Waals surface area contributed by atoms with Gasteiger partial charge in [-0.1, -0.05) is 0 Å². The number of rotatable bonds is 0. The van der Waals surface area contributed by atoms with Gasteiger partial charge in [-0.2, -0.15) is 0 Å². The normalized spacial score (nSPS) is 1.50. The molecule has 0 fully saturated rings. The Morgan fingerprint density at radius 2 is 1.00 bits per heavy atom. The second-order valence-corrected chi connectivity index (χ2v) is 0. The van der Waals surface area contributed by atoms with E-state index >= 15 is 0 Å². The minimum absolute atomic E-state index is 0. The SMILES string of the molecule is FF.[CH3-].[Y]. The van der Waals surface area contributed by atoms with Crippen molar-refractivity contribution in [1.82, 2.24) is 0 Å².